The highest BCUT2D eigenvalue weighted by molar-refractivity contribution is 6.11. The van der Waals surface area contributed by atoms with Crippen molar-refractivity contribution in [3.05, 3.63) is 105 Å². The monoisotopic (exact) mass is 471 g/mol. The van der Waals surface area contributed by atoms with Crippen LogP contribution in [0.5, 0.6) is 5.75 Å². The van der Waals surface area contributed by atoms with E-state index in [1.54, 1.807) is 43.5 Å². The minimum Gasteiger partial charge on any atom is -0.497 e. The number of carbonyl (C=O) groups is 2. The summed E-state index contributed by atoms with van der Waals surface area (Å²) in [6.07, 6.45) is 2.34. The highest BCUT2D eigenvalue weighted by atomic mass is 16.6. The largest absolute Gasteiger partial charge is 0.497 e. The zero-order chi connectivity index (χ0) is 25.2. The quantitative estimate of drug-likeness (QED) is 0.226. The average Bonchev–Trinajstić information content (AvgIpc) is 2.83. The van der Waals surface area contributed by atoms with Crippen LogP contribution in [-0.2, 0) is 6.42 Å². The highest BCUT2D eigenvalue weighted by Crippen LogP contribution is 2.32. The molecule has 3 aromatic rings. The van der Waals surface area contributed by atoms with Crippen LogP contribution in [0.1, 0.15) is 45.7 Å². The number of fused-ring (bicyclic) bond motifs is 1. The summed E-state index contributed by atoms with van der Waals surface area (Å²) < 4.78 is 5.36. The number of ether oxygens (including phenoxy) is 1. The van der Waals surface area contributed by atoms with Crippen LogP contribution >= 0.6 is 0 Å². The number of rotatable bonds is 6. The number of nitro groups is 1. The van der Waals surface area contributed by atoms with Crippen LogP contribution < -0.4 is 15.4 Å². The predicted molar refractivity (Wildman–Crippen MR) is 134 cm³/mol. The van der Waals surface area contributed by atoms with E-state index in [1.807, 2.05) is 18.2 Å². The molecule has 2 N–H and O–H groups in total. The molecule has 3 aromatic carbocycles. The van der Waals surface area contributed by atoms with Crippen molar-refractivity contribution < 1.29 is 19.2 Å². The lowest BCUT2D eigenvalue weighted by Crippen LogP contribution is -2.43. The van der Waals surface area contributed by atoms with E-state index in [-0.39, 0.29) is 22.6 Å². The number of nitrogens with zero attached hydrogens (tertiary/aromatic N) is 1. The molecule has 0 saturated carbocycles. The van der Waals surface area contributed by atoms with Gasteiger partial charge in [-0.1, -0.05) is 30.3 Å². The second-order valence-electron chi connectivity index (χ2n) is 8.94. The third-order valence-electron chi connectivity index (χ3n) is 5.74. The smallest absolute Gasteiger partial charge is 0.282 e. The summed E-state index contributed by atoms with van der Waals surface area (Å²) >= 11 is 0. The van der Waals surface area contributed by atoms with Crippen LogP contribution in [0.4, 0.5) is 11.4 Å². The molecule has 0 radical (unpaired) electrons. The van der Waals surface area contributed by atoms with Crippen molar-refractivity contribution in [1.82, 2.24) is 5.32 Å². The van der Waals surface area contributed by atoms with Gasteiger partial charge in [-0.25, -0.2) is 0 Å². The lowest BCUT2D eigenvalue weighted by Gasteiger charge is -2.35. The Hall–Kier alpha value is -4.46. The lowest BCUT2D eigenvalue weighted by atomic mass is 9.85. The lowest BCUT2D eigenvalue weighted by molar-refractivity contribution is -0.385. The normalized spacial score (nSPS) is 15.0. The van der Waals surface area contributed by atoms with Crippen molar-refractivity contribution in [2.75, 3.05) is 12.4 Å². The Morgan fingerprint density at radius 1 is 1.09 bits per heavy atom. The summed E-state index contributed by atoms with van der Waals surface area (Å²) in [6, 6.07) is 18.0. The van der Waals surface area contributed by atoms with Crippen LogP contribution in [0.15, 0.2) is 72.8 Å². The van der Waals surface area contributed by atoms with Crippen LogP contribution in [0.25, 0.3) is 5.70 Å². The molecule has 178 valence electrons. The summed E-state index contributed by atoms with van der Waals surface area (Å²) in [7, 11) is 1.60. The minimum absolute atomic E-state index is 0.0597. The SMILES string of the molecule is COc1ccc2c(c1)/C(=C/C(=O)c1cccc(NC(=O)c3ccccc3[N+](=O)[O-])c1)NC(C)(C)C2. The molecule has 1 heterocycles. The van der Waals surface area contributed by atoms with Crippen molar-refractivity contribution in [3.8, 4) is 5.75 Å². The fourth-order valence-corrected chi connectivity index (χ4v) is 4.14. The van der Waals surface area contributed by atoms with E-state index in [9.17, 15) is 19.7 Å². The first-order valence-electron chi connectivity index (χ1n) is 11.0. The van der Waals surface area contributed by atoms with Gasteiger partial charge in [0.15, 0.2) is 5.78 Å². The maximum absolute atomic E-state index is 13.2. The van der Waals surface area contributed by atoms with Gasteiger partial charge in [-0.3, -0.25) is 19.7 Å². The Bertz CT molecular complexity index is 1360. The van der Waals surface area contributed by atoms with E-state index in [2.05, 4.69) is 24.5 Å². The van der Waals surface area contributed by atoms with Gasteiger partial charge < -0.3 is 15.4 Å². The van der Waals surface area contributed by atoms with Gasteiger partial charge in [0.2, 0.25) is 0 Å². The van der Waals surface area contributed by atoms with E-state index in [1.165, 1.54) is 18.2 Å². The molecule has 4 rings (SSSR count). The predicted octanol–water partition coefficient (Wildman–Crippen LogP) is 5.00. The Morgan fingerprint density at radius 3 is 2.60 bits per heavy atom. The topological polar surface area (TPSA) is 111 Å². The number of para-hydroxylation sites is 1. The molecule has 0 saturated heterocycles. The van der Waals surface area contributed by atoms with Gasteiger partial charge in [0, 0.05) is 40.2 Å². The Labute approximate surface area is 202 Å². The Kier molecular flexibility index (Phi) is 6.38. The number of amides is 1. The van der Waals surface area contributed by atoms with Crippen molar-refractivity contribution in [2.45, 2.75) is 25.8 Å². The van der Waals surface area contributed by atoms with Gasteiger partial charge in [0.05, 0.1) is 12.0 Å². The fraction of sp³-hybridized carbons (Fsp3) is 0.185. The first-order chi connectivity index (χ1) is 16.7. The van der Waals surface area contributed by atoms with Crippen LogP contribution in [0, 0.1) is 10.1 Å². The molecular weight excluding hydrogens is 446 g/mol. The number of carbonyl (C=O) groups excluding carboxylic acids is 2. The maximum atomic E-state index is 13.2. The number of hydrogen-bond donors (Lipinski definition) is 2. The van der Waals surface area contributed by atoms with Gasteiger partial charge in [-0.2, -0.15) is 0 Å². The number of nitro benzene ring substituents is 1. The number of benzene rings is 3. The highest BCUT2D eigenvalue weighted by Gasteiger charge is 2.28. The second-order valence-corrected chi connectivity index (χ2v) is 8.94. The maximum Gasteiger partial charge on any atom is 0.282 e. The molecule has 0 bridgehead atoms. The number of hydrogen-bond acceptors (Lipinski definition) is 6. The number of allylic oxidation sites excluding steroid dienone is 1. The zero-order valence-corrected chi connectivity index (χ0v) is 19.6. The molecule has 35 heavy (non-hydrogen) atoms. The van der Waals surface area contributed by atoms with Crippen molar-refractivity contribution in [1.29, 1.82) is 0 Å². The van der Waals surface area contributed by atoms with Crippen LogP contribution in [0.2, 0.25) is 0 Å². The van der Waals surface area contributed by atoms with E-state index < -0.39 is 10.8 Å². The first-order valence-corrected chi connectivity index (χ1v) is 11.0. The molecule has 8 heteroatoms. The number of anilines is 1. The van der Waals surface area contributed by atoms with Crippen LogP contribution in [0.3, 0.4) is 0 Å². The van der Waals surface area contributed by atoms with Gasteiger partial charge in [0.1, 0.15) is 11.3 Å². The average molecular weight is 472 g/mol. The van der Waals surface area contributed by atoms with Crippen molar-refractivity contribution in [3.63, 3.8) is 0 Å². The van der Waals surface area contributed by atoms with Gasteiger partial charge >= 0.3 is 0 Å². The Morgan fingerprint density at radius 2 is 1.86 bits per heavy atom. The first kappa shape index (κ1) is 23.7. The molecule has 0 aromatic heterocycles. The van der Waals surface area contributed by atoms with Crippen LogP contribution in [-0.4, -0.2) is 29.3 Å². The molecule has 1 aliphatic heterocycles. The molecule has 0 unspecified atom stereocenters. The fourth-order valence-electron chi connectivity index (χ4n) is 4.14. The van der Waals surface area contributed by atoms with E-state index in [4.69, 9.17) is 4.74 Å². The summed E-state index contributed by atoms with van der Waals surface area (Å²) in [5, 5.41) is 17.3. The van der Waals surface area contributed by atoms with Crippen molar-refractivity contribution in [2.24, 2.45) is 0 Å². The molecule has 1 amide bonds. The van der Waals surface area contributed by atoms with Gasteiger partial charge in [-0.05, 0) is 56.2 Å². The van der Waals surface area contributed by atoms with Gasteiger partial charge in [-0.15, -0.1) is 0 Å². The van der Waals surface area contributed by atoms with E-state index >= 15 is 0 Å². The summed E-state index contributed by atoms with van der Waals surface area (Å²) in [5.41, 5.74) is 2.83. The number of nitrogens with one attached hydrogen (secondary N) is 2. The van der Waals surface area contributed by atoms with Gasteiger partial charge in [0.25, 0.3) is 11.6 Å². The molecule has 0 spiro atoms. The summed E-state index contributed by atoms with van der Waals surface area (Å²) in [5.74, 6) is -0.180. The molecule has 8 nitrogen and oxygen atoms in total. The molecule has 1 aliphatic rings. The standard InChI is InChI=1S/C27H25N3O5/c1-27(2)16-18-11-12-20(35-3)14-22(18)23(29-27)15-25(31)17-7-6-8-19(13-17)28-26(32)21-9-4-5-10-24(21)30(33)34/h4-15,29H,16H2,1-3H3,(H,28,32)/b23-15-. The van der Waals surface area contributed by atoms with Crippen molar-refractivity contribution >= 4 is 28.8 Å². The van der Waals surface area contributed by atoms with E-state index in [0.29, 0.717) is 22.7 Å². The third kappa shape index (κ3) is 5.22. The number of methoxy groups -OCH3 is 1. The summed E-state index contributed by atoms with van der Waals surface area (Å²) in [4.78, 5) is 36.5. The molecule has 0 fully saturated rings. The number of ketones is 1. The van der Waals surface area contributed by atoms with E-state index in [0.717, 1.165) is 17.5 Å². The molecular formula is C27H25N3O5. The summed E-state index contributed by atoms with van der Waals surface area (Å²) in [6.45, 7) is 4.13. The Balaban J connectivity index is 1.62. The molecule has 0 atom stereocenters. The minimum atomic E-state index is -0.628. The molecule has 0 aliphatic carbocycles. The second kappa shape index (κ2) is 9.42. The third-order valence-corrected chi connectivity index (χ3v) is 5.74. The zero-order valence-electron chi connectivity index (χ0n) is 19.6.